The fourth-order valence-electron chi connectivity index (χ4n) is 2.74. The van der Waals surface area contributed by atoms with Crippen molar-refractivity contribution in [2.45, 2.75) is 103 Å². The summed E-state index contributed by atoms with van der Waals surface area (Å²) in [5.41, 5.74) is 0. The maximum absolute atomic E-state index is 12.0. The monoisotopic (exact) mass is 480 g/mol. The Balaban J connectivity index is -0.000000950. The summed E-state index contributed by atoms with van der Waals surface area (Å²) >= 11 is 0. The van der Waals surface area contributed by atoms with Crippen LogP contribution in [-0.4, -0.2) is 53.9 Å². The van der Waals surface area contributed by atoms with Gasteiger partial charge in [-0.25, -0.2) is 0 Å². The van der Waals surface area contributed by atoms with Crippen molar-refractivity contribution in [3.05, 3.63) is 0 Å². The average Bonchev–Trinajstić information content (AvgIpc) is 2.71. The van der Waals surface area contributed by atoms with Gasteiger partial charge in [-0.15, -0.1) is 0 Å². The molecular formula is C20H41NaO9S. The minimum atomic E-state index is -4.73. The molecule has 0 aromatic carbocycles. The summed E-state index contributed by atoms with van der Waals surface area (Å²) < 4.78 is 42.0. The summed E-state index contributed by atoms with van der Waals surface area (Å²) in [5, 5.41) is 10.1. The normalized spacial score (nSPS) is 11.5. The van der Waals surface area contributed by atoms with Crippen molar-refractivity contribution in [1.29, 1.82) is 0 Å². The fraction of sp³-hybridized carbons (Fsp3) is 0.900. The van der Waals surface area contributed by atoms with E-state index in [1.807, 2.05) is 0 Å². The molecular weight excluding hydrogens is 439 g/mol. The van der Waals surface area contributed by atoms with E-state index in [0.717, 1.165) is 57.8 Å². The van der Waals surface area contributed by atoms with Gasteiger partial charge >= 0.3 is 41.5 Å². The van der Waals surface area contributed by atoms with E-state index in [9.17, 15) is 22.6 Å². The number of carbonyl (C=O) groups is 2. The Kier molecular flexibility index (Phi) is 27.8. The molecule has 0 fully saturated rings. The molecule has 0 aromatic rings. The number of rotatable bonds is 18. The van der Waals surface area contributed by atoms with Crippen LogP contribution in [0, 0.1) is 0 Å². The van der Waals surface area contributed by atoms with Crippen LogP contribution < -0.4 is 29.6 Å². The van der Waals surface area contributed by atoms with Gasteiger partial charge in [0.25, 0.3) is 10.1 Å². The standard InChI is InChI=1S/C20H38O7S.Na.H2O2.H/c1-3-5-7-9-11-13-15-26-19(21)17-18(28(23,24)25)20(22)27-16-14-12-10-8-6-4-2;;1-2;/h18H,3-17H2,1-2H3,(H,23,24,25);;1-2H;/q;+1;;-1. The van der Waals surface area contributed by atoms with Gasteiger partial charge in [0.05, 0.1) is 19.6 Å². The molecule has 0 aliphatic carbocycles. The molecule has 11 heteroatoms. The molecule has 0 aromatic heterocycles. The Labute approximate surface area is 210 Å². The quantitative estimate of drug-likeness (QED) is 0.0664. The van der Waals surface area contributed by atoms with Gasteiger partial charge in [-0.05, 0) is 12.8 Å². The Morgan fingerprint density at radius 1 is 0.774 bits per heavy atom. The number of hydrogen-bond donors (Lipinski definition) is 3. The van der Waals surface area contributed by atoms with Crippen LogP contribution in [0.4, 0.5) is 0 Å². The first-order valence-corrected chi connectivity index (χ1v) is 12.3. The molecule has 9 nitrogen and oxygen atoms in total. The predicted molar refractivity (Wildman–Crippen MR) is 115 cm³/mol. The zero-order valence-electron chi connectivity index (χ0n) is 20.4. The van der Waals surface area contributed by atoms with Crippen molar-refractivity contribution in [3.63, 3.8) is 0 Å². The number of ether oxygens (including phenoxy) is 2. The maximum Gasteiger partial charge on any atom is 1.00 e. The van der Waals surface area contributed by atoms with Crippen molar-refractivity contribution in [2.75, 3.05) is 13.2 Å². The van der Waals surface area contributed by atoms with Gasteiger partial charge in [-0.2, -0.15) is 8.42 Å². The van der Waals surface area contributed by atoms with Gasteiger partial charge in [0, 0.05) is 0 Å². The van der Waals surface area contributed by atoms with Crippen LogP contribution >= 0.6 is 0 Å². The smallest absolute Gasteiger partial charge is 1.00 e. The SMILES string of the molecule is CCCCCCCCOC(=O)CC(C(=O)OCCCCCCCC)S(=O)(=O)O.OO.[H-].[Na+]. The molecule has 0 bridgehead atoms. The van der Waals surface area contributed by atoms with Crippen LogP contribution in [0.2, 0.25) is 0 Å². The average molecular weight is 481 g/mol. The number of esters is 2. The third kappa shape index (κ3) is 22.7. The molecule has 0 amide bonds. The molecule has 0 spiro atoms. The molecule has 0 radical (unpaired) electrons. The van der Waals surface area contributed by atoms with Gasteiger partial charge in [-0.1, -0.05) is 78.1 Å². The zero-order chi connectivity index (χ0) is 23.3. The molecule has 0 aliphatic heterocycles. The molecule has 31 heavy (non-hydrogen) atoms. The molecule has 0 saturated carbocycles. The van der Waals surface area contributed by atoms with Crippen LogP contribution in [-0.2, 0) is 29.2 Å². The van der Waals surface area contributed by atoms with Crippen LogP contribution in [0.5, 0.6) is 0 Å². The maximum atomic E-state index is 12.0. The fourth-order valence-corrected chi connectivity index (χ4v) is 3.39. The molecule has 0 heterocycles. The second-order valence-corrected chi connectivity index (χ2v) is 8.73. The van der Waals surface area contributed by atoms with E-state index in [-0.39, 0.29) is 44.2 Å². The first-order valence-electron chi connectivity index (χ1n) is 10.8. The van der Waals surface area contributed by atoms with Crippen LogP contribution in [0.25, 0.3) is 0 Å². The molecule has 0 saturated heterocycles. The first kappa shape index (κ1) is 35.4. The van der Waals surface area contributed by atoms with Crippen molar-refractivity contribution in [2.24, 2.45) is 0 Å². The molecule has 3 N–H and O–H groups in total. The van der Waals surface area contributed by atoms with E-state index < -0.39 is 33.7 Å². The number of unbranched alkanes of at least 4 members (excludes halogenated alkanes) is 10. The predicted octanol–water partition coefficient (Wildman–Crippen LogP) is 1.57. The van der Waals surface area contributed by atoms with Crippen molar-refractivity contribution in [3.8, 4) is 0 Å². The Hall–Kier alpha value is -0.230. The van der Waals surface area contributed by atoms with E-state index >= 15 is 0 Å². The van der Waals surface area contributed by atoms with Gasteiger partial charge in [0.2, 0.25) is 0 Å². The summed E-state index contributed by atoms with van der Waals surface area (Å²) in [6, 6.07) is 0. The summed E-state index contributed by atoms with van der Waals surface area (Å²) in [6.45, 7) is 4.50. The van der Waals surface area contributed by atoms with E-state index in [0.29, 0.717) is 12.8 Å². The second-order valence-electron chi connectivity index (χ2n) is 7.13. The van der Waals surface area contributed by atoms with Gasteiger partial charge in [-0.3, -0.25) is 24.7 Å². The van der Waals surface area contributed by atoms with Gasteiger partial charge in [0.1, 0.15) is 0 Å². The minimum absolute atomic E-state index is 0. The van der Waals surface area contributed by atoms with Crippen LogP contribution in [0.3, 0.4) is 0 Å². The number of hydrogen-bond acceptors (Lipinski definition) is 8. The summed E-state index contributed by atoms with van der Waals surface area (Å²) in [7, 11) is -4.73. The van der Waals surface area contributed by atoms with E-state index in [1.165, 1.54) is 6.42 Å². The zero-order valence-corrected chi connectivity index (χ0v) is 22.2. The van der Waals surface area contributed by atoms with Crippen molar-refractivity contribution < 1.29 is 73.5 Å². The van der Waals surface area contributed by atoms with E-state index in [4.69, 9.17) is 20.0 Å². The second kappa shape index (κ2) is 24.4. The molecule has 0 aliphatic rings. The number of carbonyl (C=O) groups excluding carboxylic acids is 2. The Bertz CT molecular complexity index is 533. The van der Waals surface area contributed by atoms with E-state index in [1.54, 1.807) is 0 Å². The third-order valence-electron chi connectivity index (χ3n) is 4.48. The minimum Gasteiger partial charge on any atom is -1.00 e. The largest absolute Gasteiger partial charge is 1.00 e. The van der Waals surface area contributed by atoms with Crippen LogP contribution in [0.15, 0.2) is 0 Å². The Morgan fingerprint density at radius 2 is 1.16 bits per heavy atom. The molecule has 0 rings (SSSR count). The topological polar surface area (TPSA) is 147 Å². The van der Waals surface area contributed by atoms with Gasteiger partial charge < -0.3 is 10.9 Å². The Morgan fingerprint density at radius 3 is 1.58 bits per heavy atom. The van der Waals surface area contributed by atoms with Gasteiger partial charge in [0.15, 0.2) is 5.25 Å². The molecule has 1 atom stereocenters. The van der Waals surface area contributed by atoms with Crippen molar-refractivity contribution in [1.82, 2.24) is 0 Å². The molecule has 1 unspecified atom stereocenters. The van der Waals surface area contributed by atoms with Crippen molar-refractivity contribution >= 4 is 22.1 Å². The first-order chi connectivity index (χ1) is 14.3. The van der Waals surface area contributed by atoms with Crippen LogP contribution in [0.1, 0.15) is 98.7 Å². The summed E-state index contributed by atoms with van der Waals surface area (Å²) in [6.07, 6.45) is 11.3. The third-order valence-corrected chi connectivity index (χ3v) is 5.56. The van der Waals surface area contributed by atoms with E-state index in [2.05, 4.69) is 13.8 Å². The summed E-state index contributed by atoms with van der Waals surface area (Å²) in [5.74, 6) is -1.93. The summed E-state index contributed by atoms with van der Waals surface area (Å²) in [4.78, 5) is 23.8. The molecule has 182 valence electrons.